The lowest BCUT2D eigenvalue weighted by Crippen LogP contribution is -2.12. The van der Waals surface area contributed by atoms with Gasteiger partial charge in [-0.1, -0.05) is 30.3 Å². The number of nitrogens with one attached hydrogen (secondary N) is 1. The molecule has 0 saturated carbocycles. The molecule has 0 aliphatic rings. The highest BCUT2D eigenvalue weighted by atomic mass is 16.5. The second-order valence-electron chi connectivity index (χ2n) is 8.25. The first kappa shape index (κ1) is 22.9. The van der Waals surface area contributed by atoms with Crippen LogP contribution in [0.3, 0.4) is 0 Å². The standard InChI is InChI=1S/C28H23N3O5/c1-15-29-27-26(28(34)30-15)21(18-8-11-24(35-2)25(12-18)36-3)14-22(31-27)17-6-4-16(5-7-17)20-13-19(32)9-10-23(20)33/h4-14,32-33H,1-3H3,(H,29,30,31,34). The highest BCUT2D eigenvalue weighted by Crippen LogP contribution is 2.37. The molecule has 36 heavy (non-hydrogen) atoms. The van der Waals surface area contributed by atoms with Gasteiger partial charge < -0.3 is 24.7 Å². The van der Waals surface area contributed by atoms with E-state index in [0.29, 0.717) is 45.2 Å². The minimum atomic E-state index is -0.281. The molecular weight excluding hydrogens is 458 g/mol. The average Bonchev–Trinajstić information content (AvgIpc) is 2.88. The molecule has 2 heterocycles. The van der Waals surface area contributed by atoms with Crippen LogP contribution in [0, 0.1) is 6.92 Å². The molecule has 3 aromatic carbocycles. The Bertz CT molecular complexity index is 1660. The fourth-order valence-corrected chi connectivity index (χ4v) is 4.21. The molecule has 0 radical (unpaired) electrons. The fourth-order valence-electron chi connectivity index (χ4n) is 4.21. The molecule has 0 spiro atoms. The molecule has 0 saturated heterocycles. The van der Waals surface area contributed by atoms with Crippen LogP contribution < -0.4 is 15.0 Å². The quantitative estimate of drug-likeness (QED) is 0.301. The van der Waals surface area contributed by atoms with Gasteiger partial charge in [0.25, 0.3) is 5.56 Å². The number of pyridine rings is 1. The van der Waals surface area contributed by atoms with Crippen LogP contribution in [0.4, 0.5) is 0 Å². The maximum Gasteiger partial charge on any atom is 0.261 e. The van der Waals surface area contributed by atoms with Crippen LogP contribution in [-0.2, 0) is 0 Å². The number of rotatable bonds is 5. The third kappa shape index (κ3) is 4.09. The van der Waals surface area contributed by atoms with Gasteiger partial charge in [0.1, 0.15) is 17.3 Å². The van der Waals surface area contributed by atoms with E-state index in [4.69, 9.17) is 9.47 Å². The van der Waals surface area contributed by atoms with Gasteiger partial charge >= 0.3 is 0 Å². The Hall–Kier alpha value is -4.85. The van der Waals surface area contributed by atoms with Crippen molar-refractivity contribution in [1.82, 2.24) is 15.0 Å². The average molecular weight is 482 g/mol. The minimum absolute atomic E-state index is 0.0642. The number of methoxy groups -OCH3 is 2. The first-order valence-corrected chi connectivity index (χ1v) is 11.1. The van der Waals surface area contributed by atoms with E-state index in [9.17, 15) is 15.0 Å². The monoisotopic (exact) mass is 481 g/mol. The summed E-state index contributed by atoms with van der Waals surface area (Å²) in [5.74, 6) is 1.71. The van der Waals surface area contributed by atoms with Crippen LogP contribution in [-0.4, -0.2) is 39.4 Å². The summed E-state index contributed by atoms with van der Waals surface area (Å²) in [6.45, 7) is 1.71. The molecule has 0 unspecified atom stereocenters. The third-order valence-electron chi connectivity index (χ3n) is 5.96. The summed E-state index contributed by atoms with van der Waals surface area (Å²) in [5.41, 5.74) is 4.11. The molecule has 5 rings (SSSR count). The van der Waals surface area contributed by atoms with E-state index in [1.807, 2.05) is 42.5 Å². The zero-order chi connectivity index (χ0) is 25.4. The van der Waals surface area contributed by atoms with E-state index in [1.54, 1.807) is 27.2 Å². The predicted octanol–water partition coefficient (Wildman–Crippen LogP) is 5.06. The lowest BCUT2D eigenvalue weighted by atomic mass is 9.98. The number of fused-ring (bicyclic) bond motifs is 1. The van der Waals surface area contributed by atoms with Gasteiger partial charge in [-0.3, -0.25) is 4.79 Å². The van der Waals surface area contributed by atoms with Gasteiger partial charge in [0, 0.05) is 16.7 Å². The summed E-state index contributed by atoms with van der Waals surface area (Å²) in [6, 6.07) is 19.1. The van der Waals surface area contributed by atoms with Gasteiger partial charge in [-0.05, 0) is 54.4 Å². The number of ether oxygens (including phenoxy) is 2. The highest BCUT2D eigenvalue weighted by Gasteiger charge is 2.16. The van der Waals surface area contributed by atoms with Crippen molar-refractivity contribution in [2.75, 3.05) is 14.2 Å². The molecule has 0 atom stereocenters. The number of benzene rings is 3. The smallest absolute Gasteiger partial charge is 0.261 e. The molecule has 2 aromatic heterocycles. The number of nitrogens with zero attached hydrogens (tertiary/aromatic N) is 2. The largest absolute Gasteiger partial charge is 0.508 e. The summed E-state index contributed by atoms with van der Waals surface area (Å²) in [4.78, 5) is 24.9. The molecule has 5 aromatic rings. The number of hydrogen-bond donors (Lipinski definition) is 3. The molecular formula is C28H23N3O5. The summed E-state index contributed by atoms with van der Waals surface area (Å²) < 4.78 is 10.8. The Morgan fingerprint density at radius 1 is 0.750 bits per heavy atom. The Balaban J connectivity index is 1.69. The molecule has 0 bridgehead atoms. The van der Waals surface area contributed by atoms with E-state index in [2.05, 4.69) is 15.0 Å². The van der Waals surface area contributed by atoms with E-state index in [-0.39, 0.29) is 17.1 Å². The number of H-pyrrole nitrogens is 1. The summed E-state index contributed by atoms with van der Waals surface area (Å²) in [5, 5.41) is 20.4. The van der Waals surface area contributed by atoms with E-state index in [1.165, 1.54) is 18.2 Å². The third-order valence-corrected chi connectivity index (χ3v) is 5.96. The zero-order valence-electron chi connectivity index (χ0n) is 19.9. The number of phenolic OH excluding ortho intramolecular Hbond substituents is 2. The van der Waals surface area contributed by atoms with Crippen molar-refractivity contribution in [3.63, 3.8) is 0 Å². The van der Waals surface area contributed by atoms with E-state index < -0.39 is 0 Å². The van der Waals surface area contributed by atoms with E-state index in [0.717, 1.165) is 16.7 Å². The molecule has 180 valence electrons. The topological polar surface area (TPSA) is 118 Å². The van der Waals surface area contributed by atoms with Crippen molar-refractivity contribution >= 4 is 11.0 Å². The van der Waals surface area contributed by atoms with Gasteiger partial charge in [-0.2, -0.15) is 0 Å². The Morgan fingerprint density at radius 3 is 2.17 bits per heavy atom. The molecule has 0 amide bonds. The molecule has 8 nitrogen and oxygen atoms in total. The van der Waals surface area contributed by atoms with Gasteiger partial charge in [-0.15, -0.1) is 0 Å². The molecule has 0 aliphatic carbocycles. The van der Waals surface area contributed by atoms with Crippen molar-refractivity contribution in [3.05, 3.63) is 82.9 Å². The van der Waals surface area contributed by atoms with Crippen LogP contribution >= 0.6 is 0 Å². The number of aromatic hydroxyl groups is 2. The Kier molecular flexibility index (Phi) is 5.77. The SMILES string of the molecule is COc1ccc(-c2cc(-c3ccc(-c4cc(O)ccc4O)cc3)nc3nc(C)[nH]c(=O)c23)cc1OC. The van der Waals surface area contributed by atoms with Crippen LogP contribution in [0.15, 0.2) is 71.5 Å². The summed E-state index contributed by atoms with van der Waals surface area (Å²) in [6.07, 6.45) is 0. The van der Waals surface area contributed by atoms with Crippen molar-refractivity contribution in [2.45, 2.75) is 6.92 Å². The Morgan fingerprint density at radius 2 is 1.44 bits per heavy atom. The van der Waals surface area contributed by atoms with Crippen molar-refractivity contribution in [3.8, 4) is 56.5 Å². The minimum Gasteiger partial charge on any atom is -0.508 e. The predicted molar refractivity (Wildman–Crippen MR) is 138 cm³/mol. The van der Waals surface area contributed by atoms with Gasteiger partial charge in [0.15, 0.2) is 17.1 Å². The van der Waals surface area contributed by atoms with Gasteiger partial charge in [0.05, 0.1) is 25.3 Å². The van der Waals surface area contributed by atoms with Gasteiger partial charge in [0.2, 0.25) is 0 Å². The van der Waals surface area contributed by atoms with Crippen LogP contribution in [0.25, 0.3) is 44.5 Å². The lowest BCUT2D eigenvalue weighted by molar-refractivity contribution is 0.355. The first-order valence-electron chi connectivity index (χ1n) is 11.1. The van der Waals surface area contributed by atoms with Gasteiger partial charge in [-0.25, -0.2) is 9.97 Å². The second-order valence-corrected chi connectivity index (χ2v) is 8.25. The first-order chi connectivity index (χ1) is 17.4. The van der Waals surface area contributed by atoms with Crippen molar-refractivity contribution in [2.24, 2.45) is 0 Å². The highest BCUT2D eigenvalue weighted by molar-refractivity contribution is 5.95. The van der Waals surface area contributed by atoms with Crippen molar-refractivity contribution < 1.29 is 19.7 Å². The molecule has 0 fully saturated rings. The number of aromatic amines is 1. The van der Waals surface area contributed by atoms with Crippen molar-refractivity contribution in [1.29, 1.82) is 0 Å². The number of phenols is 2. The van der Waals surface area contributed by atoms with Crippen LogP contribution in [0.5, 0.6) is 23.0 Å². The maximum absolute atomic E-state index is 12.9. The fraction of sp³-hybridized carbons (Fsp3) is 0.107. The molecule has 8 heteroatoms. The molecule has 3 N–H and O–H groups in total. The summed E-state index contributed by atoms with van der Waals surface area (Å²) in [7, 11) is 3.12. The number of aryl methyl sites for hydroxylation is 1. The Labute approximate surface area is 206 Å². The van der Waals surface area contributed by atoms with Crippen LogP contribution in [0.2, 0.25) is 0 Å². The van der Waals surface area contributed by atoms with Crippen LogP contribution in [0.1, 0.15) is 5.82 Å². The lowest BCUT2D eigenvalue weighted by Gasteiger charge is -2.13. The maximum atomic E-state index is 12.9. The zero-order valence-corrected chi connectivity index (χ0v) is 19.9. The molecule has 0 aliphatic heterocycles. The normalized spacial score (nSPS) is 11.0. The van der Waals surface area contributed by atoms with E-state index >= 15 is 0 Å². The summed E-state index contributed by atoms with van der Waals surface area (Å²) >= 11 is 0. The number of aromatic nitrogens is 3. The number of hydrogen-bond acceptors (Lipinski definition) is 7. The second kappa shape index (κ2) is 9.07.